The molecule has 1 saturated heterocycles. The van der Waals surface area contributed by atoms with Crippen LogP contribution in [-0.2, 0) is 15.0 Å². The Hall–Kier alpha value is -3.36. The molecule has 1 atom stereocenters. The van der Waals surface area contributed by atoms with Crippen LogP contribution in [0.2, 0.25) is 10.0 Å². The predicted molar refractivity (Wildman–Crippen MR) is 141 cm³/mol. The van der Waals surface area contributed by atoms with Gasteiger partial charge in [-0.15, -0.1) is 0 Å². The van der Waals surface area contributed by atoms with Crippen molar-refractivity contribution in [2.24, 2.45) is 0 Å². The number of hydrogen-bond donors (Lipinski definition) is 2. The van der Waals surface area contributed by atoms with Gasteiger partial charge in [-0.1, -0.05) is 35.3 Å². The fourth-order valence-electron chi connectivity index (χ4n) is 5.18. The average Bonchev–Trinajstić information content (AvgIpc) is 3.13. The van der Waals surface area contributed by atoms with E-state index >= 15 is 0 Å². The zero-order valence-electron chi connectivity index (χ0n) is 20.3. The minimum absolute atomic E-state index is 0.0222. The minimum Gasteiger partial charge on any atom is -0.482 e. The van der Waals surface area contributed by atoms with Crippen molar-refractivity contribution in [2.45, 2.75) is 38.2 Å². The molecule has 3 N–H and O–H groups in total. The summed E-state index contributed by atoms with van der Waals surface area (Å²) in [6, 6.07) is 10.1. The molecule has 0 unspecified atom stereocenters. The highest BCUT2D eigenvalue weighted by atomic mass is 35.5. The van der Waals surface area contributed by atoms with E-state index in [-0.39, 0.29) is 27.7 Å². The van der Waals surface area contributed by atoms with E-state index in [4.69, 9.17) is 33.7 Å². The van der Waals surface area contributed by atoms with Crippen molar-refractivity contribution >= 4 is 46.5 Å². The molecular formula is C27H25Cl2FN4O3. The van der Waals surface area contributed by atoms with E-state index in [2.05, 4.69) is 10.3 Å². The van der Waals surface area contributed by atoms with Crippen LogP contribution in [-0.4, -0.2) is 34.8 Å². The summed E-state index contributed by atoms with van der Waals surface area (Å²) < 4.78 is 20.0. The molecule has 1 spiro atoms. The Balaban J connectivity index is 1.42. The summed E-state index contributed by atoms with van der Waals surface area (Å²) in [6.45, 7) is 4.34. The zero-order chi connectivity index (χ0) is 26.5. The number of nitrogens with zero attached hydrogens (tertiary/aromatic N) is 2. The van der Waals surface area contributed by atoms with Gasteiger partial charge in [-0.3, -0.25) is 9.59 Å². The number of anilines is 2. The van der Waals surface area contributed by atoms with E-state index in [9.17, 15) is 14.0 Å². The fraction of sp³-hybridized carbons (Fsp3) is 0.296. The molecule has 7 nitrogen and oxygen atoms in total. The van der Waals surface area contributed by atoms with Gasteiger partial charge in [-0.05, 0) is 55.2 Å². The van der Waals surface area contributed by atoms with Gasteiger partial charge in [0.2, 0.25) is 11.8 Å². The normalized spacial score (nSPS) is 16.9. The van der Waals surface area contributed by atoms with Crippen molar-refractivity contribution in [3.05, 3.63) is 69.6 Å². The lowest BCUT2D eigenvalue weighted by atomic mass is 9.73. The smallest absolute Gasteiger partial charge is 0.235 e. The molecule has 2 aliphatic heterocycles. The van der Waals surface area contributed by atoms with Gasteiger partial charge in [0, 0.05) is 48.0 Å². The summed E-state index contributed by atoms with van der Waals surface area (Å²) in [5.74, 6) is -0.167. The maximum Gasteiger partial charge on any atom is 0.235 e. The Labute approximate surface area is 223 Å². The third-order valence-electron chi connectivity index (χ3n) is 7.29. The Morgan fingerprint density at radius 3 is 2.62 bits per heavy atom. The van der Waals surface area contributed by atoms with Crippen molar-refractivity contribution in [1.29, 1.82) is 0 Å². The maximum absolute atomic E-state index is 14.0. The second kappa shape index (κ2) is 9.50. The monoisotopic (exact) mass is 542 g/mol. The number of hydrogen-bond acceptors (Lipinski definition) is 5. The number of pyridine rings is 1. The van der Waals surface area contributed by atoms with Crippen LogP contribution in [0.25, 0.3) is 11.1 Å². The molecule has 0 radical (unpaired) electrons. The highest BCUT2D eigenvalue weighted by molar-refractivity contribution is 6.36. The molecule has 0 bridgehead atoms. The third kappa shape index (κ3) is 4.38. The number of fused-ring (bicyclic) bond motifs is 2. The number of benzene rings is 2. The Kier molecular flexibility index (Phi) is 6.50. The molecular weight excluding hydrogens is 518 g/mol. The summed E-state index contributed by atoms with van der Waals surface area (Å²) in [6.07, 6.45) is 2.08. The lowest BCUT2D eigenvalue weighted by Crippen LogP contribution is -2.47. The minimum atomic E-state index is -0.699. The summed E-state index contributed by atoms with van der Waals surface area (Å²) >= 11 is 12.4. The second-order valence-electron chi connectivity index (χ2n) is 9.43. The van der Waals surface area contributed by atoms with Crippen molar-refractivity contribution in [1.82, 2.24) is 9.88 Å². The van der Waals surface area contributed by atoms with E-state index in [1.807, 2.05) is 18.2 Å². The van der Waals surface area contributed by atoms with E-state index in [0.29, 0.717) is 37.2 Å². The highest BCUT2D eigenvalue weighted by Crippen LogP contribution is 2.46. The standard InChI is InChI=1S/C27H25Cl2FN4O3/c1-14(23-19(28)5-6-20(30)24(23)29)37-22-12-17(13-32-25(22)31)16-3-4-18-21(11-16)33-26(36)27(18)7-9-34(10-8-27)15(2)35/h3-6,11-14H,7-10H2,1-2H3,(H2,31,32)(H,33,36)/t14-/m1/s1. The number of nitrogens with one attached hydrogen (secondary N) is 1. The van der Waals surface area contributed by atoms with E-state index < -0.39 is 17.3 Å². The number of nitrogens with two attached hydrogens (primary N) is 1. The number of piperidine rings is 1. The van der Waals surface area contributed by atoms with Crippen LogP contribution in [0, 0.1) is 5.82 Å². The molecule has 2 amide bonds. The van der Waals surface area contributed by atoms with Gasteiger partial charge in [0.25, 0.3) is 0 Å². The number of carbonyl (C=O) groups excluding carboxylic acids is 2. The quantitative estimate of drug-likeness (QED) is 0.409. The number of nitrogen functional groups attached to an aromatic ring is 1. The topological polar surface area (TPSA) is 97.6 Å². The van der Waals surface area contributed by atoms with Gasteiger partial charge >= 0.3 is 0 Å². The number of halogens is 3. The van der Waals surface area contributed by atoms with Gasteiger partial charge in [0.1, 0.15) is 11.9 Å². The lowest BCUT2D eigenvalue weighted by molar-refractivity contribution is -0.133. The van der Waals surface area contributed by atoms with Crippen LogP contribution in [0.5, 0.6) is 5.75 Å². The molecule has 37 heavy (non-hydrogen) atoms. The molecule has 10 heteroatoms. The first-order valence-electron chi connectivity index (χ1n) is 11.9. The fourth-order valence-corrected chi connectivity index (χ4v) is 5.86. The van der Waals surface area contributed by atoms with Gasteiger partial charge in [0.05, 0.1) is 10.4 Å². The highest BCUT2D eigenvalue weighted by Gasteiger charge is 2.48. The molecule has 2 aliphatic rings. The lowest BCUT2D eigenvalue weighted by Gasteiger charge is -2.37. The Bertz CT molecular complexity index is 1420. The molecule has 0 aliphatic carbocycles. The molecule has 3 aromatic rings. The number of amides is 2. The summed E-state index contributed by atoms with van der Waals surface area (Å²) in [5, 5.41) is 3.19. The largest absolute Gasteiger partial charge is 0.482 e. The van der Waals surface area contributed by atoms with Gasteiger partial charge < -0.3 is 20.7 Å². The molecule has 2 aromatic carbocycles. The molecule has 192 valence electrons. The van der Waals surface area contributed by atoms with Gasteiger partial charge in [0.15, 0.2) is 11.6 Å². The number of carbonyl (C=O) groups is 2. The van der Waals surface area contributed by atoms with Crippen LogP contribution >= 0.6 is 23.2 Å². The van der Waals surface area contributed by atoms with Crippen LogP contribution in [0.4, 0.5) is 15.9 Å². The summed E-state index contributed by atoms with van der Waals surface area (Å²) in [4.78, 5) is 30.8. The van der Waals surface area contributed by atoms with Crippen LogP contribution < -0.4 is 15.8 Å². The van der Waals surface area contributed by atoms with Crippen molar-refractivity contribution in [3.63, 3.8) is 0 Å². The van der Waals surface area contributed by atoms with E-state index in [1.165, 1.54) is 12.1 Å². The molecule has 1 aromatic heterocycles. The Morgan fingerprint density at radius 1 is 1.19 bits per heavy atom. The molecule has 1 fully saturated rings. The molecule has 5 rings (SSSR count). The first-order chi connectivity index (χ1) is 17.6. The first-order valence-corrected chi connectivity index (χ1v) is 12.6. The van der Waals surface area contributed by atoms with E-state index in [0.717, 1.165) is 22.4 Å². The number of likely N-dealkylation sites (tertiary alicyclic amines) is 1. The molecule has 3 heterocycles. The number of ether oxygens (including phenoxy) is 1. The van der Waals surface area contributed by atoms with Crippen molar-refractivity contribution in [3.8, 4) is 16.9 Å². The number of aromatic nitrogens is 1. The molecule has 0 saturated carbocycles. The second-order valence-corrected chi connectivity index (χ2v) is 10.2. The van der Waals surface area contributed by atoms with Gasteiger partial charge in [-0.25, -0.2) is 9.37 Å². The average molecular weight is 543 g/mol. The summed E-state index contributed by atoms with van der Waals surface area (Å²) in [5.41, 5.74) is 8.96. The predicted octanol–water partition coefficient (Wildman–Crippen LogP) is 5.75. The van der Waals surface area contributed by atoms with E-state index in [1.54, 1.807) is 31.0 Å². The number of rotatable bonds is 4. The first kappa shape index (κ1) is 25.3. The van der Waals surface area contributed by atoms with Crippen molar-refractivity contribution in [2.75, 3.05) is 24.1 Å². The summed E-state index contributed by atoms with van der Waals surface area (Å²) in [7, 11) is 0. The third-order valence-corrected chi connectivity index (χ3v) is 8.00. The SMILES string of the molecule is CC(=O)N1CCC2(CC1)C(=O)Nc1cc(-c3cnc(N)c(O[C@H](C)c4c(Cl)ccc(F)c4Cl)c3)ccc12. The zero-order valence-corrected chi connectivity index (χ0v) is 21.8. The van der Waals surface area contributed by atoms with Crippen molar-refractivity contribution < 1.29 is 18.7 Å². The van der Waals surface area contributed by atoms with Crippen LogP contribution in [0.3, 0.4) is 0 Å². The Morgan fingerprint density at radius 2 is 1.92 bits per heavy atom. The van der Waals surface area contributed by atoms with Crippen LogP contribution in [0.15, 0.2) is 42.6 Å². The maximum atomic E-state index is 14.0. The van der Waals surface area contributed by atoms with Crippen LogP contribution in [0.1, 0.15) is 43.9 Å². The van der Waals surface area contributed by atoms with Gasteiger partial charge in [-0.2, -0.15) is 0 Å².